The van der Waals surface area contributed by atoms with Gasteiger partial charge in [0.1, 0.15) is 0 Å². The standard InChI is InChI=1S/C24H31/c1-24(2,3)23-16-10-9-15-22(23)21(18-20-13-7-8-14-20)17-19-11-5-4-6-12-19/h4-6,9-12,15-16,20H,7-8,13-14,17-18H2,1-3H3. The first-order valence-electron chi connectivity index (χ1n) is 9.52. The average Bonchev–Trinajstić information content (AvgIpc) is 3.07. The van der Waals surface area contributed by atoms with Gasteiger partial charge >= 0.3 is 0 Å². The summed E-state index contributed by atoms with van der Waals surface area (Å²) in [4.78, 5) is 0. The Hall–Kier alpha value is -1.56. The molecule has 0 atom stereocenters. The van der Waals surface area contributed by atoms with Crippen LogP contribution in [0.5, 0.6) is 0 Å². The van der Waals surface area contributed by atoms with Gasteiger partial charge in [-0.1, -0.05) is 101 Å². The highest BCUT2D eigenvalue weighted by molar-refractivity contribution is 5.44. The van der Waals surface area contributed by atoms with Crippen molar-refractivity contribution in [2.45, 2.75) is 64.7 Å². The summed E-state index contributed by atoms with van der Waals surface area (Å²) in [6.07, 6.45) is 8.02. The highest BCUT2D eigenvalue weighted by atomic mass is 14.3. The second-order valence-corrected chi connectivity index (χ2v) is 8.42. The molecule has 0 N–H and O–H groups in total. The van der Waals surface area contributed by atoms with E-state index in [0.717, 1.165) is 12.3 Å². The van der Waals surface area contributed by atoms with Crippen LogP contribution >= 0.6 is 0 Å². The predicted molar refractivity (Wildman–Crippen MR) is 104 cm³/mol. The lowest BCUT2D eigenvalue weighted by Gasteiger charge is -2.29. The summed E-state index contributed by atoms with van der Waals surface area (Å²) in [5.74, 6) is 2.52. The van der Waals surface area contributed by atoms with Crippen molar-refractivity contribution in [3.8, 4) is 0 Å². The molecule has 1 fully saturated rings. The monoisotopic (exact) mass is 319 g/mol. The first-order chi connectivity index (χ1) is 11.5. The molecule has 1 aliphatic carbocycles. The van der Waals surface area contributed by atoms with Gasteiger partial charge in [0, 0.05) is 5.92 Å². The first kappa shape index (κ1) is 17.3. The van der Waals surface area contributed by atoms with E-state index in [9.17, 15) is 0 Å². The van der Waals surface area contributed by atoms with Crippen LogP contribution in [-0.2, 0) is 11.8 Å². The largest absolute Gasteiger partial charge is 0.0622 e. The van der Waals surface area contributed by atoms with E-state index in [2.05, 4.69) is 75.4 Å². The van der Waals surface area contributed by atoms with Crippen LogP contribution in [0.15, 0.2) is 54.6 Å². The molecule has 0 nitrogen and oxygen atoms in total. The molecule has 0 amide bonds. The minimum atomic E-state index is 0.189. The van der Waals surface area contributed by atoms with Crippen LogP contribution in [0.1, 0.15) is 69.6 Å². The van der Waals surface area contributed by atoms with Gasteiger partial charge in [-0.3, -0.25) is 0 Å². The van der Waals surface area contributed by atoms with E-state index in [-0.39, 0.29) is 5.41 Å². The van der Waals surface area contributed by atoms with E-state index >= 15 is 0 Å². The third kappa shape index (κ3) is 4.29. The van der Waals surface area contributed by atoms with Gasteiger partial charge in [-0.2, -0.15) is 0 Å². The fourth-order valence-corrected chi connectivity index (χ4v) is 4.13. The Bertz CT molecular complexity index is 627. The SMILES string of the molecule is CC(C)(C)c1ccccc1[C](Cc1ccccc1)CC1CCCC1. The van der Waals surface area contributed by atoms with Crippen LogP contribution in [0.4, 0.5) is 0 Å². The highest BCUT2D eigenvalue weighted by Crippen LogP contribution is 2.38. The lowest BCUT2D eigenvalue weighted by molar-refractivity contribution is 0.507. The molecule has 0 saturated heterocycles. The van der Waals surface area contributed by atoms with Crippen LogP contribution in [-0.4, -0.2) is 0 Å². The number of benzene rings is 2. The zero-order valence-electron chi connectivity index (χ0n) is 15.5. The third-order valence-corrected chi connectivity index (χ3v) is 5.39. The maximum absolute atomic E-state index is 2.35. The number of hydrogen-bond donors (Lipinski definition) is 0. The van der Waals surface area contributed by atoms with Gasteiger partial charge < -0.3 is 0 Å². The van der Waals surface area contributed by atoms with E-state index in [0.29, 0.717) is 0 Å². The molecule has 1 saturated carbocycles. The number of rotatable bonds is 5. The van der Waals surface area contributed by atoms with Crippen molar-refractivity contribution in [1.82, 2.24) is 0 Å². The smallest absolute Gasteiger partial charge is 0.00990 e. The van der Waals surface area contributed by atoms with Crippen molar-refractivity contribution in [3.63, 3.8) is 0 Å². The molecule has 3 rings (SSSR count). The van der Waals surface area contributed by atoms with Gasteiger partial charge in [0.05, 0.1) is 0 Å². The van der Waals surface area contributed by atoms with Crippen molar-refractivity contribution in [1.29, 1.82) is 0 Å². The molecule has 0 aliphatic heterocycles. The predicted octanol–water partition coefficient (Wildman–Crippen LogP) is 6.73. The van der Waals surface area contributed by atoms with Gasteiger partial charge in [-0.25, -0.2) is 0 Å². The Morgan fingerprint density at radius 3 is 2.17 bits per heavy atom. The van der Waals surface area contributed by atoms with Crippen LogP contribution in [0.3, 0.4) is 0 Å². The molecule has 0 heterocycles. The quantitative estimate of drug-likeness (QED) is 0.573. The minimum absolute atomic E-state index is 0.189. The maximum atomic E-state index is 2.35. The molecular weight excluding hydrogens is 288 g/mol. The highest BCUT2D eigenvalue weighted by Gasteiger charge is 2.26. The molecule has 0 unspecified atom stereocenters. The van der Waals surface area contributed by atoms with Gasteiger partial charge in [-0.05, 0) is 40.9 Å². The molecule has 0 bridgehead atoms. The lowest BCUT2D eigenvalue weighted by Crippen LogP contribution is -2.19. The molecule has 0 spiro atoms. The summed E-state index contributed by atoms with van der Waals surface area (Å²) in [6, 6.07) is 20.1. The van der Waals surface area contributed by atoms with Crippen LogP contribution in [0.25, 0.3) is 0 Å². The van der Waals surface area contributed by atoms with Gasteiger partial charge in [0.2, 0.25) is 0 Å². The van der Waals surface area contributed by atoms with Gasteiger partial charge in [0.15, 0.2) is 0 Å². The van der Waals surface area contributed by atoms with Crippen LogP contribution < -0.4 is 0 Å². The Balaban J connectivity index is 1.91. The molecular formula is C24H31. The van der Waals surface area contributed by atoms with E-state index < -0.39 is 0 Å². The molecule has 0 aromatic heterocycles. The Morgan fingerprint density at radius 2 is 1.50 bits per heavy atom. The summed E-state index contributed by atoms with van der Waals surface area (Å²) in [7, 11) is 0. The molecule has 127 valence electrons. The van der Waals surface area contributed by atoms with Crippen molar-refractivity contribution in [3.05, 3.63) is 77.2 Å². The zero-order valence-corrected chi connectivity index (χ0v) is 15.5. The molecule has 2 aromatic carbocycles. The van der Waals surface area contributed by atoms with Crippen molar-refractivity contribution in [2.24, 2.45) is 5.92 Å². The molecule has 1 aliphatic rings. The van der Waals surface area contributed by atoms with E-state index in [1.165, 1.54) is 48.8 Å². The van der Waals surface area contributed by atoms with Crippen molar-refractivity contribution in [2.75, 3.05) is 0 Å². The fourth-order valence-electron chi connectivity index (χ4n) is 4.13. The first-order valence-corrected chi connectivity index (χ1v) is 9.52. The summed E-state index contributed by atoms with van der Waals surface area (Å²) in [5, 5.41) is 0. The number of hydrogen-bond acceptors (Lipinski definition) is 0. The topological polar surface area (TPSA) is 0 Å². The lowest BCUT2D eigenvalue weighted by atomic mass is 9.76. The van der Waals surface area contributed by atoms with E-state index in [1.54, 1.807) is 5.92 Å². The summed E-state index contributed by atoms with van der Waals surface area (Å²) in [5.41, 5.74) is 4.62. The molecule has 2 aromatic rings. The molecule has 0 heteroatoms. The molecule has 24 heavy (non-hydrogen) atoms. The fraction of sp³-hybridized carbons (Fsp3) is 0.458. The van der Waals surface area contributed by atoms with Crippen molar-refractivity contribution >= 4 is 0 Å². The minimum Gasteiger partial charge on any atom is -0.0622 e. The van der Waals surface area contributed by atoms with Crippen LogP contribution in [0.2, 0.25) is 0 Å². The maximum Gasteiger partial charge on any atom is 0.00990 e. The summed E-state index contributed by atoms with van der Waals surface area (Å²) in [6.45, 7) is 7.00. The Kier molecular flexibility index (Phi) is 5.43. The van der Waals surface area contributed by atoms with Crippen LogP contribution in [0, 0.1) is 11.8 Å². The summed E-state index contributed by atoms with van der Waals surface area (Å²) >= 11 is 0. The third-order valence-electron chi connectivity index (χ3n) is 5.39. The molecule has 1 radical (unpaired) electrons. The van der Waals surface area contributed by atoms with E-state index in [4.69, 9.17) is 0 Å². The Labute approximate surface area is 148 Å². The average molecular weight is 320 g/mol. The Morgan fingerprint density at radius 1 is 0.875 bits per heavy atom. The van der Waals surface area contributed by atoms with Gasteiger partial charge in [0.25, 0.3) is 0 Å². The summed E-state index contributed by atoms with van der Waals surface area (Å²) < 4.78 is 0. The second-order valence-electron chi connectivity index (χ2n) is 8.42. The normalized spacial score (nSPS) is 16.0. The van der Waals surface area contributed by atoms with Crippen molar-refractivity contribution < 1.29 is 0 Å². The van der Waals surface area contributed by atoms with E-state index in [1.807, 2.05) is 0 Å². The van der Waals surface area contributed by atoms with Gasteiger partial charge in [-0.15, -0.1) is 0 Å². The second kappa shape index (κ2) is 7.55. The zero-order chi connectivity index (χ0) is 17.0.